The van der Waals surface area contributed by atoms with Gasteiger partial charge in [0.1, 0.15) is 18.0 Å². The minimum atomic E-state index is -3.97. The van der Waals surface area contributed by atoms with Crippen LogP contribution in [0.2, 0.25) is 0 Å². The van der Waals surface area contributed by atoms with E-state index >= 15 is 0 Å². The summed E-state index contributed by atoms with van der Waals surface area (Å²) in [4.78, 5) is 12.5. The van der Waals surface area contributed by atoms with Gasteiger partial charge in [-0.05, 0) is 43.3 Å². The fourth-order valence-electron chi connectivity index (χ4n) is 2.71. The van der Waals surface area contributed by atoms with Gasteiger partial charge in [0.15, 0.2) is 0 Å². The van der Waals surface area contributed by atoms with Crippen molar-refractivity contribution >= 4 is 21.6 Å². The molecule has 0 unspecified atom stereocenters. The highest BCUT2D eigenvalue weighted by molar-refractivity contribution is 7.92. The number of aryl methyl sites for hydroxylation is 1. The molecule has 0 aliphatic carbocycles. The van der Waals surface area contributed by atoms with Crippen molar-refractivity contribution in [3.8, 4) is 0 Å². The number of hydrogen-bond donors (Lipinski definition) is 2. The van der Waals surface area contributed by atoms with Crippen LogP contribution in [0.5, 0.6) is 0 Å². The molecule has 1 amide bonds. The second-order valence-corrected chi connectivity index (χ2v) is 7.83. The summed E-state index contributed by atoms with van der Waals surface area (Å²) in [5.74, 6) is -0.217. The van der Waals surface area contributed by atoms with Crippen LogP contribution in [0.1, 0.15) is 23.1 Å². The van der Waals surface area contributed by atoms with Crippen LogP contribution in [-0.4, -0.2) is 35.6 Å². The van der Waals surface area contributed by atoms with E-state index in [2.05, 4.69) is 20.2 Å². The largest absolute Gasteiger partial charge is 0.352 e. The van der Waals surface area contributed by atoms with E-state index in [9.17, 15) is 17.6 Å². The monoisotopic (exact) mass is 417 g/mol. The Hall–Kier alpha value is -3.27. The standard InChI is InChI=1S/C19H20FN5O3S/c1-2-25-13-22-23-18(25)11-12-21-19(26)16-5-3-4-6-17(16)24-29(27,28)15-9-7-14(20)8-10-15/h3-10,13,24H,2,11-12H2,1H3,(H,21,26). The Morgan fingerprint density at radius 2 is 1.86 bits per heavy atom. The summed E-state index contributed by atoms with van der Waals surface area (Å²) in [5.41, 5.74) is 0.307. The minimum Gasteiger partial charge on any atom is -0.352 e. The van der Waals surface area contributed by atoms with Gasteiger partial charge in [-0.2, -0.15) is 0 Å². The van der Waals surface area contributed by atoms with E-state index < -0.39 is 21.7 Å². The number of halogens is 1. The van der Waals surface area contributed by atoms with E-state index in [4.69, 9.17) is 0 Å². The van der Waals surface area contributed by atoms with Gasteiger partial charge < -0.3 is 9.88 Å². The second kappa shape index (κ2) is 8.82. The molecule has 0 bridgehead atoms. The molecule has 1 heterocycles. The number of para-hydroxylation sites is 1. The van der Waals surface area contributed by atoms with Gasteiger partial charge >= 0.3 is 0 Å². The van der Waals surface area contributed by atoms with E-state index in [1.807, 2.05) is 11.5 Å². The number of carbonyl (C=O) groups is 1. The van der Waals surface area contributed by atoms with Crippen LogP contribution in [0.15, 0.2) is 59.8 Å². The molecular weight excluding hydrogens is 397 g/mol. The first-order chi connectivity index (χ1) is 13.9. The molecule has 8 nitrogen and oxygen atoms in total. The Kier molecular flexibility index (Phi) is 6.23. The van der Waals surface area contributed by atoms with Crippen molar-refractivity contribution < 1.29 is 17.6 Å². The van der Waals surface area contributed by atoms with Crippen molar-refractivity contribution in [1.29, 1.82) is 0 Å². The molecule has 3 rings (SSSR count). The third kappa shape index (κ3) is 4.96. The number of anilines is 1. The van der Waals surface area contributed by atoms with Gasteiger partial charge in [-0.15, -0.1) is 10.2 Å². The molecule has 29 heavy (non-hydrogen) atoms. The highest BCUT2D eigenvalue weighted by Gasteiger charge is 2.18. The van der Waals surface area contributed by atoms with Gasteiger partial charge in [-0.25, -0.2) is 12.8 Å². The van der Waals surface area contributed by atoms with Crippen molar-refractivity contribution in [2.45, 2.75) is 24.8 Å². The molecule has 152 valence electrons. The Labute approximate surface area is 167 Å². The average molecular weight is 417 g/mol. The molecule has 0 aliphatic heterocycles. The van der Waals surface area contributed by atoms with Gasteiger partial charge in [0.25, 0.3) is 15.9 Å². The fraction of sp³-hybridized carbons (Fsp3) is 0.211. The Morgan fingerprint density at radius 3 is 2.59 bits per heavy atom. The molecule has 2 aromatic carbocycles. The third-order valence-electron chi connectivity index (χ3n) is 4.21. The molecule has 0 atom stereocenters. The normalized spacial score (nSPS) is 11.2. The van der Waals surface area contributed by atoms with Crippen LogP contribution < -0.4 is 10.0 Å². The van der Waals surface area contributed by atoms with Gasteiger partial charge in [0.05, 0.1) is 16.1 Å². The number of rotatable bonds is 8. The van der Waals surface area contributed by atoms with Gasteiger partial charge in [-0.1, -0.05) is 12.1 Å². The van der Waals surface area contributed by atoms with Crippen LogP contribution in [0.4, 0.5) is 10.1 Å². The predicted molar refractivity (Wildman–Crippen MR) is 105 cm³/mol. The van der Waals surface area contributed by atoms with Crippen molar-refractivity contribution in [3.63, 3.8) is 0 Å². The van der Waals surface area contributed by atoms with E-state index in [1.54, 1.807) is 18.5 Å². The zero-order valence-electron chi connectivity index (χ0n) is 15.7. The smallest absolute Gasteiger partial charge is 0.261 e. The van der Waals surface area contributed by atoms with Crippen LogP contribution in [0.25, 0.3) is 0 Å². The summed E-state index contributed by atoms with van der Waals surface area (Å²) >= 11 is 0. The van der Waals surface area contributed by atoms with Crippen molar-refractivity contribution in [3.05, 3.63) is 72.1 Å². The Balaban J connectivity index is 1.71. The topological polar surface area (TPSA) is 106 Å². The number of nitrogens with zero attached hydrogens (tertiary/aromatic N) is 3. The van der Waals surface area contributed by atoms with Crippen LogP contribution in [-0.2, 0) is 23.0 Å². The fourth-order valence-corrected chi connectivity index (χ4v) is 3.79. The number of carbonyl (C=O) groups excluding carboxylic acids is 1. The number of aromatic nitrogens is 3. The lowest BCUT2D eigenvalue weighted by molar-refractivity contribution is 0.0955. The van der Waals surface area contributed by atoms with Crippen LogP contribution in [0.3, 0.4) is 0 Å². The van der Waals surface area contributed by atoms with Crippen molar-refractivity contribution in [2.75, 3.05) is 11.3 Å². The average Bonchev–Trinajstić information content (AvgIpc) is 3.16. The second-order valence-electron chi connectivity index (χ2n) is 6.14. The molecule has 1 aromatic heterocycles. The van der Waals surface area contributed by atoms with Crippen molar-refractivity contribution in [2.24, 2.45) is 0 Å². The maximum atomic E-state index is 13.1. The molecule has 0 saturated heterocycles. The molecule has 0 fully saturated rings. The summed E-state index contributed by atoms with van der Waals surface area (Å²) in [6, 6.07) is 10.7. The third-order valence-corrected chi connectivity index (χ3v) is 5.59. The highest BCUT2D eigenvalue weighted by Crippen LogP contribution is 2.20. The molecule has 2 N–H and O–H groups in total. The van der Waals surface area contributed by atoms with Gasteiger partial charge in [0.2, 0.25) is 0 Å². The van der Waals surface area contributed by atoms with Gasteiger partial charge in [0, 0.05) is 19.5 Å². The molecular formula is C19H20FN5O3S. The SMILES string of the molecule is CCn1cnnc1CCNC(=O)c1ccccc1NS(=O)(=O)c1ccc(F)cc1. The zero-order chi connectivity index (χ0) is 20.9. The lowest BCUT2D eigenvalue weighted by atomic mass is 10.1. The summed E-state index contributed by atoms with van der Waals surface area (Å²) in [6.07, 6.45) is 2.11. The lowest BCUT2D eigenvalue weighted by Crippen LogP contribution is -2.27. The maximum Gasteiger partial charge on any atom is 0.261 e. The minimum absolute atomic E-state index is 0.104. The molecule has 0 saturated carbocycles. The number of benzene rings is 2. The summed E-state index contributed by atoms with van der Waals surface area (Å²) in [5, 5.41) is 10.6. The summed E-state index contributed by atoms with van der Waals surface area (Å²) < 4.78 is 42.4. The van der Waals surface area contributed by atoms with Crippen LogP contribution in [0, 0.1) is 5.82 Å². The number of amides is 1. The number of hydrogen-bond acceptors (Lipinski definition) is 5. The quantitative estimate of drug-likeness (QED) is 0.585. The number of sulfonamides is 1. The first-order valence-corrected chi connectivity index (χ1v) is 10.4. The first-order valence-electron chi connectivity index (χ1n) is 8.93. The molecule has 0 aliphatic rings. The zero-order valence-corrected chi connectivity index (χ0v) is 16.5. The highest BCUT2D eigenvalue weighted by atomic mass is 32.2. The lowest BCUT2D eigenvalue weighted by Gasteiger charge is -2.13. The summed E-state index contributed by atoms with van der Waals surface area (Å²) in [7, 11) is -3.97. The number of nitrogens with one attached hydrogen (secondary N) is 2. The van der Waals surface area contributed by atoms with E-state index in [1.165, 1.54) is 12.1 Å². The first kappa shape index (κ1) is 20.5. The van der Waals surface area contributed by atoms with Gasteiger partial charge in [-0.3, -0.25) is 9.52 Å². The Morgan fingerprint density at radius 1 is 1.14 bits per heavy atom. The van der Waals surface area contributed by atoms with E-state index in [0.717, 1.165) is 36.6 Å². The van der Waals surface area contributed by atoms with Crippen molar-refractivity contribution in [1.82, 2.24) is 20.1 Å². The van der Waals surface area contributed by atoms with Crippen LogP contribution >= 0.6 is 0 Å². The Bertz CT molecular complexity index is 1100. The summed E-state index contributed by atoms with van der Waals surface area (Å²) in [6.45, 7) is 3.01. The van der Waals surface area contributed by atoms with E-state index in [-0.39, 0.29) is 16.1 Å². The molecule has 3 aromatic rings. The molecule has 10 heteroatoms. The molecule has 0 spiro atoms. The maximum absolute atomic E-state index is 13.1. The molecule has 0 radical (unpaired) electrons. The predicted octanol–water partition coefficient (Wildman–Crippen LogP) is 2.21. The van der Waals surface area contributed by atoms with E-state index in [0.29, 0.717) is 13.0 Å².